The summed E-state index contributed by atoms with van der Waals surface area (Å²) >= 11 is 0. The third-order valence-electron chi connectivity index (χ3n) is 2.57. The summed E-state index contributed by atoms with van der Waals surface area (Å²) in [5.41, 5.74) is 0. The van der Waals surface area contributed by atoms with Gasteiger partial charge in [-0.15, -0.1) is 0 Å². The highest BCUT2D eigenvalue weighted by Crippen LogP contribution is 2.37. The highest BCUT2D eigenvalue weighted by Gasteiger charge is 2.55. The molecule has 5 nitrogen and oxygen atoms in total. The first-order valence-electron chi connectivity index (χ1n) is 3.85. The monoisotopic (exact) mass is 174 g/mol. The Morgan fingerprint density at radius 2 is 1.83 bits per heavy atom. The molecule has 3 N–H and O–H groups in total. The maximum absolute atomic E-state index is 10.7. The van der Waals surface area contributed by atoms with Gasteiger partial charge in [-0.1, -0.05) is 0 Å². The summed E-state index contributed by atoms with van der Waals surface area (Å²) < 4.78 is 4.73. The number of hydrogen-bond acceptors (Lipinski definition) is 5. The molecule has 2 fully saturated rings. The smallest absolute Gasteiger partial charge is 0.306 e. The van der Waals surface area contributed by atoms with E-state index in [2.05, 4.69) is 0 Å². The number of ether oxygens (including phenoxy) is 1. The molecule has 1 aliphatic carbocycles. The molecular formula is C7H10O5. The van der Waals surface area contributed by atoms with E-state index in [1.54, 1.807) is 0 Å². The molecule has 0 unspecified atom stereocenters. The van der Waals surface area contributed by atoms with Gasteiger partial charge in [0.05, 0.1) is 12.5 Å². The van der Waals surface area contributed by atoms with E-state index in [9.17, 15) is 15.0 Å². The largest absolute Gasteiger partial charge is 0.459 e. The minimum absolute atomic E-state index is 0.0833. The molecule has 1 saturated heterocycles. The van der Waals surface area contributed by atoms with Crippen molar-refractivity contribution in [3.63, 3.8) is 0 Å². The van der Waals surface area contributed by atoms with Crippen LogP contribution in [-0.2, 0) is 9.53 Å². The van der Waals surface area contributed by atoms with Crippen molar-refractivity contribution in [2.24, 2.45) is 5.92 Å². The molecule has 0 amide bonds. The number of carbonyl (C=O) groups is 1. The second-order valence-electron chi connectivity index (χ2n) is 3.29. The van der Waals surface area contributed by atoms with Gasteiger partial charge in [0.2, 0.25) is 0 Å². The zero-order chi connectivity index (χ0) is 8.88. The fourth-order valence-corrected chi connectivity index (χ4v) is 1.88. The number of esters is 1. The lowest BCUT2D eigenvalue weighted by Gasteiger charge is -2.13. The van der Waals surface area contributed by atoms with Crippen LogP contribution in [0.4, 0.5) is 0 Å². The number of rotatable bonds is 0. The van der Waals surface area contributed by atoms with Crippen molar-refractivity contribution in [2.45, 2.75) is 30.8 Å². The molecule has 0 aromatic rings. The van der Waals surface area contributed by atoms with Crippen LogP contribution < -0.4 is 0 Å². The van der Waals surface area contributed by atoms with E-state index in [0.29, 0.717) is 0 Å². The summed E-state index contributed by atoms with van der Waals surface area (Å²) in [5, 5.41) is 27.7. The number of aliphatic hydroxyl groups excluding tert-OH is 3. The fourth-order valence-electron chi connectivity index (χ4n) is 1.88. The van der Waals surface area contributed by atoms with E-state index in [-0.39, 0.29) is 6.42 Å². The van der Waals surface area contributed by atoms with Crippen LogP contribution in [-0.4, -0.2) is 45.7 Å². The zero-order valence-corrected chi connectivity index (χ0v) is 6.25. The molecule has 5 atom stereocenters. The van der Waals surface area contributed by atoms with Gasteiger partial charge in [0.1, 0.15) is 18.3 Å². The Kier molecular flexibility index (Phi) is 1.61. The van der Waals surface area contributed by atoms with Crippen LogP contribution in [0.2, 0.25) is 0 Å². The molecule has 2 rings (SSSR count). The molecule has 1 aliphatic heterocycles. The van der Waals surface area contributed by atoms with Crippen molar-refractivity contribution in [3.8, 4) is 0 Å². The minimum atomic E-state index is -1.19. The van der Waals surface area contributed by atoms with Crippen molar-refractivity contribution in [3.05, 3.63) is 0 Å². The molecular weight excluding hydrogens is 164 g/mol. The van der Waals surface area contributed by atoms with Gasteiger partial charge < -0.3 is 20.1 Å². The van der Waals surface area contributed by atoms with E-state index in [1.807, 2.05) is 0 Å². The Hall–Kier alpha value is -0.650. The SMILES string of the molecule is O=C1C[C@@H]2[C@H](O)[C@H](O)[C@H](O)[C@@H]2O1. The Balaban J connectivity index is 2.20. The summed E-state index contributed by atoms with van der Waals surface area (Å²) in [5.74, 6) is -0.863. The van der Waals surface area contributed by atoms with Gasteiger partial charge in [-0.25, -0.2) is 0 Å². The fraction of sp³-hybridized carbons (Fsp3) is 0.857. The molecule has 1 heterocycles. The number of carbonyl (C=O) groups excluding carboxylic acids is 1. The highest BCUT2D eigenvalue weighted by molar-refractivity contribution is 5.72. The summed E-state index contributed by atoms with van der Waals surface area (Å²) in [7, 11) is 0. The molecule has 12 heavy (non-hydrogen) atoms. The minimum Gasteiger partial charge on any atom is -0.459 e. The average molecular weight is 174 g/mol. The van der Waals surface area contributed by atoms with Crippen LogP contribution in [0.1, 0.15) is 6.42 Å². The molecule has 0 bridgehead atoms. The van der Waals surface area contributed by atoms with Crippen LogP contribution in [0.5, 0.6) is 0 Å². The first-order valence-corrected chi connectivity index (χ1v) is 3.85. The summed E-state index contributed by atoms with van der Waals surface area (Å²) in [6.45, 7) is 0. The highest BCUT2D eigenvalue weighted by atomic mass is 16.6. The van der Waals surface area contributed by atoms with E-state index in [4.69, 9.17) is 9.84 Å². The standard InChI is InChI=1S/C7H10O5/c8-3-1-2-4(9)5(10)6(11)7(2)12-3/h2,4-7,9-11H,1H2/t2-,4+,5+,6+,7-/m1/s1. The molecule has 68 valence electrons. The molecule has 0 aromatic heterocycles. The molecule has 2 aliphatic rings. The maximum Gasteiger partial charge on any atom is 0.306 e. The van der Waals surface area contributed by atoms with E-state index >= 15 is 0 Å². The van der Waals surface area contributed by atoms with Crippen molar-refractivity contribution >= 4 is 5.97 Å². The Morgan fingerprint density at radius 1 is 1.17 bits per heavy atom. The predicted molar refractivity (Wildman–Crippen MR) is 36.0 cm³/mol. The van der Waals surface area contributed by atoms with Crippen molar-refractivity contribution < 1.29 is 24.9 Å². The second-order valence-corrected chi connectivity index (χ2v) is 3.29. The molecule has 1 saturated carbocycles. The number of fused-ring (bicyclic) bond motifs is 1. The van der Waals surface area contributed by atoms with Crippen molar-refractivity contribution in [1.29, 1.82) is 0 Å². The predicted octanol–water partition coefficient (Wildman–Crippen LogP) is -1.99. The Bertz CT molecular complexity index is 196. The number of hydrogen-bond donors (Lipinski definition) is 3. The first kappa shape index (κ1) is 7.97. The Labute approximate surface area is 68.6 Å². The summed E-state index contributed by atoms with van der Waals surface area (Å²) in [6, 6.07) is 0. The van der Waals surface area contributed by atoms with Gasteiger partial charge in [-0.05, 0) is 0 Å². The lowest BCUT2D eigenvalue weighted by atomic mass is 10.0. The van der Waals surface area contributed by atoms with E-state index in [0.717, 1.165) is 0 Å². The lowest BCUT2D eigenvalue weighted by Crippen LogP contribution is -2.33. The maximum atomic E-state index is 10.7. The van der Waals surface area contributed by atoms with E-state index < -0.39 is 36.3 Å². The normalized spacial score (nSPS) is 52.2. The van der Waals surface area contributed by atoms with Gasteiger partial charge in [-0.2, -0.15) is 0 Å². The van der Waals surface area contributed by atoms with Gasteiger partial charge >= 0.3 is 5.97 Å². The topological polar surface area (TPSA) is 87.0 Å². The number of aliphatic hydroxyl groups is 3. The van der Waals surface area contributed by atoms with Gasteiger partial charge in [-0.3, -0.25) is 4.79 Å². The lowest BCUT2D eigenvalue weighted by molar-refractivity contribution is -0.147. The first-order chi connectivity index (χ1) is 5.61. The second kappa shape index (κ2) is 2.42. The average Bonchev–Trinajstić information content (AvgIpc) is 2.49. The summed E-state index contributed by atoms with van der Waals surface area (Å²) in [6.07, 6.45) is -4.01. The van der Waals surface area contributed by atoms with Gasteiger partial charge in [0.25, 0.3) is 0 Å². The Morgan fingerprint density at radius 3 is 2.42 bits per heavy atom. The molecule has 0 spiro atoms. The van der Waals surface area contributed by atoms with Crippen molar-refractivity contribution in [2.75, 3.05) is 0 Å². The molecule has 5 heteroatoms. The third kappa shape index (κ3) is 0.872. The van der Waals surface area contributed by atoms with Gasteiger partial charge in [0.15, 0.2) is 0 Å². The van der Waals surface area contributed by atoms with Gasteiger partial charge in [0, 0.05) is 5.92 Å². The van der Waals surface area contributed by atoms with Crippen LogP contribution >= 0.6 is 0 Å². The molecule has 0 aromatic carbocycles. The summed E-state index contributed by atoms with van der Waals surface area (Å²) in [4.78, 5) is 10.7. The van der Waals surface area contributed by atoms with Crippen LogP contribution in [0.25, 0.3) is 0 Å². The zero-order valence-electron chi connectivity index (χ0n) is 6.25. The van der Waals surface area contributed by atoms with E-state index in [1.165, 1.54) is 0 Å². The van der Waals surface area contributed by atoms with Crippen LogP contribution in [0.3, 0.4) is 0 Å². The van der Waals surface area contributed by atoms with Crippen LogP contribution in [0.15, 0.2) is 0 Å². The molecule has 0 radical (unpaired) electrons. The van der Waals surface area contributed by atoms with Crippen molar-refractivity contribution in [1.82, 2.24) is 0 Å². The quantitative estimate of drug-likeness (QED) is 0.370. The third-order valence-corrected chi connectivity index (χ3v) is 2.57. The van der Waals surface area contributed by atoms with Crippen LogP contribution in [0, 0.1) is 5.92 Å².